The van der Waals surface area contributed by atoms with Gasteiger partial charge in [-0.25, -0.2) is 29.2 Å². The zero-order valence-electron chi connectivity index (χ0n) is 27.6. The molecule has 0 N–H and O–H groups in total. The number of rotatable bonds is 2. The molecule has 0 spiro atoms. The minimum atomic E-state index is -0.488. The molecule has 7 rings (SSSR count). The van der Waals surface area contributed by atoms with E-state index in [1.54, 1.807) is 29.3 Å². The monoisotopic (exact) mass is 718 g/mol. The van der Waals surface area contributed by atoms with Gasteiger partial charge < -0.3 is 24.8 Å². The van der Waals surface area contributed by atoms with E-state index in [1.807, 2.05) is 47.1 Å². The van der Waals surface area contributed by atoms with E-state index in [1.165, 1.54) is 66.4 Å². The average Bonchev–Trinajstić information content (AvgIpc) is 3.69. The molecule has 4 atom stereocenters. The number of fused-ring (bicyclic) bond motifs is 4. The molecule has 0 saturated heterocycles. The van der Waals surface area contributed by atoms with Crippen molar-refractivity contribution >= 4 is 15.8 Å². The van der Waals surface area contributed by atoms with Gasteiger partial charge in [-0.3, -0.25) is 0 Å². The van der Waals surface area contributed by atoms with Crippen LogP contribution in [0.3, 0.4) is 0 Å². The van der Waals surface area contributed by atoms with Crippen LogP contribution in [0.5, 0.6) is 0 Å². The van der Waals surface area contributed by atoms with E-state index in [4.69, 9.17) is 0 Å². The number of allylic oxidation sites excluding steroid dienone is 4. The Labute approximate surface area is 296 Å². The molecule has 0 amide bonds. The van der Waals surface area contributed by atoms with E-state index >= 15 is 0 Å². The van der Waals surface area contributed by atoms with Gasteiger partial charge in [-0.2, -0.15) is 18.2 Å². The van der Waals surface area contributed by atoms with E-state index < -0.39 is 5.43 Å². The van der Waals surface area contributed by atoms with Crippen LogP contribution in [0, 0.1) is 48.9 Å². The quantitative estimate of drug-likeness (QED) is 0.216. The van der Waals surface area contributed by atoms with Crippen molar-refractivity contribution < 1.29 is 48.1 Å². The standard InChI is InChI=1S/C21H31.C14H14Si.C5H5.2ClH.Zr/c1-13-11-16-9-10-18-17-8-6-5-7-15(17)12-19(18)20(16)14(2)21(13,3)4;1-11-3-7-13(8-4-11)15-14-9-5-12(2)6-10-14;1-2-4-5-3-1;;;/h7,13,16-18H,5-6,8-12H2,1-4H3;3-10H,1-2H3;1-5H;2*1H;/q-1;;-1;;;+2/p-2. The molecule has 0 nitrogen and oxygen atoms in total. The molecule has 0 aromatic heterocycles. The summed E-state index contributed by atoms with van der Waals surface area (Å²) in [6, 6.07) is 28.0. The third-order valence-corrected chi connectivity index (χ3v) is 17.1. The van der Waals surface area contributed by atoms with E-state index in [0.29, 0.717) is 5.41 Å². The van der Waals surface area contributed by atoms with Gasteiger partial charge in [0.15, 0.2) is 0 Å². The summed E-state index contributed by atoms with van der Waals surface area (Å²) in [6.45, 7) is 14.2. The molecular formula is C40H50Cl2SiZr-2. The molecule has 2 saturated carbocycles. The zero-order chi connectivity index (χ0) is 29.9. The maximum absolute atomic E-state index is 2.60. The van der Waals surface area contributed by atoms with Crippen LogP contribution in [0.2, 0.25) is 0 Å². The summed E-state index contributed by atoms with van der Waals surface area (Å²) >= 11 is 1.65. The van der Waals surface area contributed by atoms with Crippen molar-refractivity contribution in [3.05, 3.63) is 119 Å². The third-order valence-electron chi connectivity index (χ3n) is 11.0. The molecule has 0 bridgehead atoms. The smallest absolute Gasteiger partial charge is 0.172 e. The Bertz CT molecular complexity index is 1330. The minimum absolute atomic E-state index is 0. The molecule has 2 fully saturated rings. The van der Waals surface area contributed by atoms with Crippen molar-refractivity contribution in [3.8, 4) is 0 Å². The van der Waals surface area contributed by atoms with E-state index in [9.17, 15) is 0 Å². The van der Waals surface area contributed by atoms with Crippen molar-refractivity contribution in [2.24, 2.45) is 29.1 Å². The Morgan fingerprint density at radius 3 is 1.93 bits per heavy atom. The summed E-state index contributed by atoms with van der Waals surface area (Å²) in [7, 11) is 0. The van der Waals surface area contributed by atoms with E-state index in [-0.39, 0.29) is 24.8 Å². The molecule has 0 heterocycles. The molecule has 4 unspecified atom stereocenters. The summed E-state index contributed by atoms with van der Waals surface area (Å²) in [6.07, 6.45) is 12.6. The number of hydrogen-bond acceptors (Lipinski definition) is 0. The maximum atomic E-state index is 2.60. The van der Waals surface area contributed by atoms with Crippen molar-refractivity contribution in [1.29, 1.82) is 0 Å². The van der Waals surface area contributed by atoms with E-state index in [2.05, 4.69) is 96.1 Å². The summed E-state index contributed by atoms with van der Waals surface area (Å²) < 4.78 is 0. The van der Waals surface area contributed by atoms with Gasteiger partial charge in [-0.15, -0.1) is 6.92 Å². The summed E-state index contributed by atoms with van der Waals surface area (Å²) in [4.78, 5) is 0. The van der Waals surface area contributed by atoms with Crippen LogP contribution in [-0.2, 0) is 23.3 Å². The van der Waals surface area contributed by atoms with E-state index in [0.717, 1.165) is 23.7 Å². The third kappa shape index (κ3) is 8.39. The predicted molar refractivity (Wildman–Crippen MR) is 179 cm³/mol. The van der Waals surface area contributed by atoms with Gasteiger partial charge in [0, 0.05) is 0 Å². The van der Waals surface area contributed by atoms with Crippen molar-refractivity contribution in [3.63, 3.8) is 0 Å². The van der Waals surface area contributed by atoms with Gasteiger partial charge in [0.25, 0.3) is 0 Å². The summed E-state index contributed by atoms with van der Waals surface area (Å²) in [5, 5.41) is 3.05. The van der Waals surface area contributed by atoms with Crippen molar-refractivity contribution in [2.45, 2.75) is 86.5 Å². The van der Waals surface area contributed by atoms with Crippen LogP contribution >= 0.6 is 0 Å². The number of hydrogen-bond donors (Lipinski definition) is 0. The van der Waals surface area contributed by atoms with Crippen LogP contribution in [-0.4, -0.2) is 5.43 Å². The molecule has 44 heavy (non-hydrogen) atoms. The Morgan fingerprint density at radius 1 is 0.841 bits per heavy atom. The van der Waals surface area contributed by atoms with Crippen LogP contribution < -0.4 is 35.2 Å². The Kier molecular flexibility index (Phi) is 14.1. The van der Waals surface area contributed by atoms with Crippen molar-refractivity contribution in [1.82, 2.24) is 0 Å². The molecule has 234 valence electrons. The van der Waals surface area contributed by atoms with Crippen LogP contribution in [0.25, 0.3) is 0 Å². The average molecular weight is 721 g/mol. The number of halogens is 2. The SMILES string of the molecule is C[C-]1C2=C3CC4=CCCCC4C3CCC2CC(C)C1(C)C.Cc1ccc([Si](=[Zr+2])c2ccc(C)cc2)cc1.[Cl-].[Cl-].c1cc[cH-]c1. The second-order valence-electron chi connectivity index (χ2n) is 13.9. The van der Waals surface area contributed by atoms with Crippen LogP contribution in [0.15, 0.2) is 102 Å². The summed E-state index contributed by atoms with van der Waals surface area (Å²) in [5.74, 6) is 5.32. The summed E-state index contributed by atoms with van der Waals surface area (Å²) in [5.41, 5.74) is 8.17. The normalized spacial score (nSPS) is 24.4. The maximum Gasteiger partial charge on any atom is -0.172 e. The Balaban J connectivity index is 0.000000205. The molecular weight excluding hydrogens is 671 g/mol. The molecule has 4 aliphatic carbocycles. The topological polar surface area (TPSA) is 0 Å². The first-order valence-electron chi connectivity index (χ1n) is 16.3. The second kappa shape index (κ2) is 16.6. The fraction of sp³-hybridized carbons (Fsp3) is 0.450. The molecule has 3 aromatic carbocycles. The largest absolute Gasteiger partial charge is 1.00 e. The molecule has 0 aliphatic heterocycles. The Hall–Kier alpha value is -1.18. The first-order chi connectivity index (χ1) is 20.2. The van der Waals surface area contributed by atoms with Gasteiger partial charge in [0.1, 0.15) is 0 Å². The van der Waals surface area contributed by atoms with Gasteiger partial charge in [0.2, 0.25) is 0 Å². The second-order valence-corrected chi connectivity index (χ2v) is 19.5. The first-order valence-corrected chi connectivity index (χ1v) is 21.5. The number of aryl methyl sites for hydroxylation is 2. The molecule has 0 radical (unpaired) electrons. The van der Waals surface area contributed by atoms with Gasteiger partial charge >= 0.3 is 113 Å². The van der Waals surface area contributed by atoms with Gasteiger partial charge in [-0.05, 0) is 37.5 Å². The van der Waals surface area contributed by atoms with Gasteiger partial charge in [-0.1, -0.05) is 68.9 Å². The van der Waals surface area contributed by atoms with Crippen molar-refractivity contribution in [2.75, 3.05) is 0 Å². The zero-order valence-corrected chi connectivity index (χ0v) is 32.6. The molecule has 3 aromatic rings. The fourth-order valence-electron chi connectivity index (χ4n) is 7.83. The van der Waals surface area contributed by atoms with Gasteiger partial charge in [0.05, 0.1) is 0 Å². The van der Waals surface area contributed by atoms with Crippen LogP contribution in [0.4, 0.5) is 0 Å². The molecule has 4 aliphatic rings. The fourth-order valence-corrected chi connectivity index (χ4v) is 11.6. The first kappa shape index (κ1) is 37.3. The van der Waals surface area contributed by atoms with Crippen LogP contribution in [0.1, 0.15) is 83.8 Å². The number of benzene rings is 2. The Morgan fingerprint density at radius 2 is 1.41 bits per heavy atom. The molecule has 4 heteroatoms. The minimum Gasteiger partial charge on any atom is -1.00 e. The predicted octanol–water partition coefficient (Wildman–Crippen LogP) is 3.47.